The van der Waals surface area contributed by atoms with Gasteiger partial charge in [0.2, 0.25) is 5.91 Å². The Balaban J connectivity index is 1.99. The number of benzene rings is 1. The van der Waals surface area contributed by atoms with Gasteiger partial charge in [-0.1, -0.05) is 23.7 Å². The van der Waals surface area contributed by atoms with Crippen LogP contribution in [0.1, 0.15) is 19.8 Å². The van der Waals surface area contributed by atoms with Gasteiger partial charge >= 0.3 is 0 Å². The highest BCUT2D eigenvalue weighted by molar-refractivity contribution is 6.33. The lowest BCUT2D eigenvalue weighted by molar-refractivity contribution is -0.120. The summed E-state index contributed by atoms with van der Waals surface area (Å²) in [5, 5.41) is 3.45. The van der Waals surface area contributed by atoms with Crippen molar-refractivity contribution in [2.45, 2.75) is 25.8 Å². The number of hydrogen-bond acceptors (Lipinski definition) is 2. The van der Waals surface area contributed by atoms with Crippen molar-refractivity contribution in [2.24, 2.45) is 0 Å². The van der Waals surface area contributed by atoms with Gasteiger partial charge in [-0.15, -0.1) is 0 Å². The molecule has 1 fully saturated rings. The van der Waals surface area contributed by atoms with Crippen molar-refractivity contribution in [3.05, 3.63) is 29.3 Å². The first-order valence-electron chi connectivity index (χ1n) is 5.98. The van der Waals surface area contributed by atoms with E-state index in [1.165, 1.54) is 12.8 Å². The molecule has 0 saturated carbocycles. The van der Waals surface area contributed by atoms with Crippen molar-refractivity contribution in [2.75, 3.05) is 18.4 Å². The summed E-state index contributed by atoms with van der Waals surface area (Å²) in [5.74, 6) is 0.0139. The van der Waals surface area contributed by atoms with Gasteiger partial charge in [0.1, 0.15) is 0 Å². The van der Waals surface area contributed by atoms with E-state index in [-0.39, 0.29) is 11.9 Å². The molecule has 1 heterocycles. The maximum absolute atomic E-state index is 12.0. The van der Waals surface area contributed by atoms with Crippen molar-refractivity contribution in [1.82, 2.24) is 4.90 Å². The number of likely N-dealkylation sites (tertiary alicyclic amines) is 1. The summed E-state index contributed by atoms with van der Waals surface area (Å²) in [7, 11) is 0. The topological polar surface area (TPSA) is 32.3 Å². The molecule has 1 aliphatic rings. The van der Waals surface area contributed by atoms with Crippen LogP contribution in [0.2, 0.25) is 5.02 Å². The smallest absolute Gasteiger partial charge is 0.241 e. The number of rotatable bonds is 3. The Kier molecular flexibility index (Phi) is 4.02. The van der Waals surface area contributed by atoms with E-state index in [1.807, 2.05) is 25.1 Å². The molecule has 0 aliphatic carbocycles. The number of hydrogen-bond donors (Lipinski definition) is 1. The highest BCUT2D eigenvalue weighted by Gasteiger charge is 2.24. The van der Waals surface area contributed by atoms with Gasteiger partial charge in [-0.25, -0.2) is 0 Å². The van der Waals surface area contributed by atoms with Crippen molar-refractivity contribution in [3.63, 3.8) is 0 Å². The van der Waals surface area contributed by atoms with Crippen LogP contribution in [0, 0.1) is 0 Å². The second-order valence-electron chi connectivity index (χ2n) is 4.39. The molecular formula is C13H17ClN2O. The molecule has 0 bridgehead atoms. The highest BCUT2D eigenvalue weighted by atomic mass is 35.5. The van der Waals surface area contributed by atoms with Gasteiger partial charge in [0, 0.05) is 0 Å². The lowest BCUT2D eigenvalue weighted by atomic mass is 10.2. The maximum Gasteiger partial charge on any atom is 0.241 e. The third kappa shape index (κ3) is 2.99. The van der Waals surface area contributed by atoms with Crippen molar-refractivity contribution in [3.8, 4) is 0 Å². The molecule has 1 aromatic carbocycles. The fraction of sp³-hybridized carbons (Fsp3) is 0.462. The number of carbonyl (C=O) groups is 1. The molecule has 92 valence electrons. The van der Waals surface area contributed by atoms with Crippen LogP contribution in [0.4, 0.5) is 5.69 Å². The average molecular weight is 253 g/mol. The van der Waals surface area contributed by atoms with Crippen molar-refractivity contribution >= 4 is 23.2 Å². The third-order valence-electron chi connectivity index (χ3n) is 3.20. The molecule has 1 N–H and O–H groups in total. The SMILES string of the molecule is C[C@H](C(=O)Nc1ccccc1Cl)N1CCCC1. The van der Waals surface area contributed by atoms with Crippen LogP contribution in [0.3, 0.4) is 0 Å². The Bertz CT molecular complexity index is 402. The second-order valence-corrected chi connectivity index (χ2v) is 4.80. The molecule has 1 aliphatic heterocycles. The molecule has 0 radical (unpaired) electrons. The average Bonchev–Trinajstić information content (AvgIpc) is 2.84. The normalized spacial score (nSPS) is 18.0. The summed E-state index contributed by atoms with van der Waals surface area (Å²) in [6, 6.07) is 7.21. The Labute approximate surface area is 107 Å². The molecule has 0 aromatic heterocycles. The van der Waals surface area contributed by atoms with Gasteiger partial charge < -0.3 is 5.32 Å². The van der Waals surface area contributed by atoms with E-state index in [1.54, 1.807) is 6.07 Å². The number of halogens is 1. The van der Waals surface area contributed by atoms with Crippen LogP contribution < -0.4 is 5.32 Å². The first-order chi connectivity index (χ1) is 8.18. The number of nitrogens with one attached hydrogen (secondary N) is 1. The molecule has 1 saturated heterocycles. The lowest BCUT2D eigenvalue weighted by Crippen LogP contribution is -2.40. The summed E-state index contributed by atoms with van der Waals surface area (Å²) < 4.78 is 0. The number of para-hydroxylation sites is 1. The van der Waals surface area contributed by atoms with E-state index in [2.05, 4.69) is 10.2 Å². The monoisotopic (exact) mass is 252 g/mol. The number of carbonyl (C=O) groups excluding carboxylic acids is 1. The number of amides is 1. The van der Waals surface area contributed by atoms with E-state index in [4.69, 9.17) is 11.6 Å². The molecule has 1 amide bonds. The molecule has 1 atom stereocenters. The number of nitrogens with zero attached hydrogens (tertiary/aromatic N) is 1. The van der Waals surface area contributed by atoms with Crippen molar-refractivity contribution < 1.29 is 4.79 Å². The van der Waals surface area contributed by atoms with Gasteiger partial charge in [-0.3, -0.25) is 9.69 Å². The largest absolute Gasteiger partial charge is 0.323 e. The molecule has 1 aromatic rings. The van der Waals surface area contributed by atoms with Crippen molar-refractivity contribution in [1.29, 1.82) is 0 Å². The summed E-state index contributed by atoms with van der Waals surface area (Å²) in [5.41, 5.74) is 0.685. The van der Waals surface area contributed by atoms with Crippen LogP contribution in [0.5, 0.6) is 0 Å². The first kappa shape index (κ1) is 12.4. The zero-order valence-electron chi connectivity index (χ0n) is 9.95. The van der Waals surface area contributed by atoms with E-state index in [0.717, 1.165) is 13.1 Å². The molecule has 2 rings (SSSR count). The molecule has 0 unspecified atom stereocenters. The molecule has 0 spiro atoms. The second kappa shape index (κ2) is 5.52. The van der Waals surface area contributed by atoms with E-state index < -0.39 is 0 Å². The minimum absolute atomic E-state index is 0.0139. The Morgan fingerprint density at radius 1 is 1.35 bits per heavy atom. The van der Waals surface area contributed by atoms with E-state index >= 15 is 0 Å². The fourth-order valence-corrected chi connectivity index (χ4v) is 2.28. The fourth-order valence-electron chi connectivity index (χ4n) is 2.09. The minimum atomic E-state index is -0.0891. The van der Waals surface area contributed by atoms with Gasteiger partial charge in [0.15, 0.2) is 0 Å². The summed E-state index contributed by atoms with van der Waals surface area (Å²) in [6.07, 6.45) is 2.37. The van der Waals surface area contributed by atoms with Crippen LogP contribution in [-0.4, -0.2) is 29.9 Å². The highest BCUT2D eigenvalue weighted by Crippen LogP contribution is 2.21. The van der Waals surface area contributed by atoms with E-state index in [9.17, 15) is 4.79 Å². The molecule has 3 nitrogen and oxygen atoms in total. The quantitative estimate of drug-likeness (QED) is 0.897. The molecule has 4 heteroatoms. The molecular weight excluding hydrogens is 236 g/mol. The van der Waals surface area contributed by atoms with Crippen LogP contribution >= 0.6 is 11.6 Å². The Morgan fingerprint density at radius 3 is 2.65 bits per heavy atom. The van der Waals surface area contributed by atoms with E-state index in [0.29, 0.717) is 10.7 Å². The summed E-state index contributed by atoms with van der Waals surface area (Å²) >= 11 is 6.00. The van der Waals surface area contributed by atoms with Gasteiger partial charge in [-0.05, 0) is 45.0 Å². The minimum Gasteiger partial charge on any atom is -0.323 e. The summed E-state index contributed by atoms with van der Waals surface area (Å²) in [6.45, 7) is 3.96. The zero-order valence-corrected chi connectivity index (χ0v) is 10.7. The van der Waals surface area contributed by atoms with Crippen LogP contribution in [0.25, 0.3) is 0 Å². The zero-order chi connectivity index (χ0) is 12.3. The van der Waals surface area contributed by atoms with Gasteiger partial charge in [-0.2, -0.15) is 0 Å². The van der Waals surface area contributed by atoms with Crippen LogP contribution in [-0.2, 0) is 4.79 Å². The maximum atomic E-state index is 12.0. The Hall–Kier alpha value is -1.06. The van der Waals surface area contributed by atoms with Gasteiger partial charge in [0.05, 0.1) is 16.8 Å². The van der Waals surface area contributed by atoms with Gasteiger partial charge in [0.25, 0.3) is 0 Å². The predicted octanol–water partition coefficient (Wildman–Crippen LogP) is 2.76. The number of anilines is 1. The molecule has 17 heavy (non-hydrogen) atoms. The summed E-state index contributed by atoms with van der Waals surface area (Å²) in [4.78, 5) is 14.2. The van der Waals surface area contributed by atoms with Crippen LogP contribution in [0.15, 0.2) is 24.3 Å². The standard InChI is InChI=1S/C13H17ClN2O/c1-10(16-8-4-5-9-16)13(17)15-12-7-3-2-6-11(12)14/h2-3,6-7,10H,4-5,8-9H2,1H3,(H,15,17)/t10-/m1/s1. The lowest BCUT2D eigenvalue weighted by Gasteiger charge is -2.22. The Morgan fingerprint density at radius 2 is 2.00 bits per heavy atom. The predicted molar refractivity (Wildman–Crippen MR) is 70.4 cm³/mol. The third-order valence-corrected chi connectivity index (χ3v) is 3.53. The first-order valence-corrected chi connectivity index (χ1v) is 6.36.